The van der Waals surface area contributed by atoms with Crippen molar-refractivity contribution in [1.82, 2.24) is 10.2 Å². The first-order valence-corrected chi connectivity index (χ1v) is 8.36. The van der Waals surface area contributed by atoms with Crippen LogP contribution in [0.5, 0.6) is 5.75 Å². The lowest BCUT2D eigenvalue weighted by Gasteiger charge is -2.32. The molecule has 1 atom stereocenters. The van der Waals surface area contributed by atoms with Gasteiger partial charge in [-0.3, -0.25) is 4.79 Å². The minimum absolute atomic E-state index is 0.138. The summed E-state index contributed by atoms with van der Waals surface area (Å²) in [6.07, 6.45) is 2.60. The number of likely N-dealkylation sites (tertiary alicyclic amines) is 1. The van der Waals surface area contributed by atoms with E-state index >= 15 is 0 Å². The maximum atomic E-state index is 12.3. The van der Waals surface area contributed by atoms with Gasteiger partial charge in [0, 0.05) is 13.1 Å². The van der Waals surface area contributed by atoms with Crippen LogP contribution in [0.15, 0.2) is 18.2 Å². The zero-order chi connectivity index (χ0) is 15.9. The number of rotatable bonds is 6. The molecule has 6 heteroatoms. The third-order valence-corrected chi connectivity index (χ3v) is 4.66. The number of benzene rings is 1. The van der Waals surface area contributed by atoms with Crippen molar-refractivity contribution < 1.29 is 9.53 Å². The molecule has 1 aliphatic rings. The van der Waals surface area contributed by atoms with E-state index in [0.29, 0.717) is 34.7 Å². The van der Waals surface area contributed by atoms with Crippen molar-refractivity contribution in [3.8, 4) is 5.75 Å². The van der Waals surface area contributed by atoms with Crippen LogP contribution in [0.2, 0.25) is 10.0 Å². The molecule has 1 N–H and O–H groups in total. The number of hydrogen-bond acceptors (Lipinski definition) is 3. The van der Waals surface area contributed by atoms with Crippen molar-refractivity contribution in [1.29, 1.82) is 0 Å². The Morgan fingerprint density at radius 3 is 3.05 bits per heavy atom. The molecule has 4 nitrogen and oxygen atoms in total. The summed E-state index contributed by atoms with van der Waals surface area (Å²) in [6.45, 7) is 2.94. The van der Waals surface area contributed by atoms with Crippen LogP contribution in [-0.4, -0.2) is 44.1 Å². The van der Waals surface area contributed by atoms with Gasteiger partial charge in [0.1, 0.15) is 10.8 Å². The van der Waals surface area contributed by atoms with Crippen LogP contribution in [0.4, 0.5) is 0 Å². The first kappa shape index (κ1) is 17.4. The second-order valence-electron chi connectivity index (χ2n) is 5.56. The van der Waals surface area contributed by atoms with Gasteiger partial charge >= 0.3 is 0 Å². The van der Waals surface area contributed by atoms with Crippen LogP contribution >= 0.6 is 23.2 Å². The average molecular weight is 345 g/mol. The molecular formula is C16H22Cl2N2O2. The zero-order valence-corrected chi connectivity index (χ0v) is 14.3. The third kappa shape index (κ3) is 4.77. The summed E-state index contributed by atoms with van der Waals surface area (Å²) in [6, 6.07) is 5.23. The van der Waals surface area contributed by atoms with Gasteiger partial charge in [-0.2, -0.15) is 0 Å². The molecule has 0 bridgehead atoms. The maximum absolute atomic E-state index is 12.3. The molecule has 0 aliphatic carbocycles. The number of piperidine rings is 1. The zero-order valence-electron chi connectivity index (χ0n) is 12.8. The summed E-state index contributed by atoms with van der Waals surface area (Å²) in [7, 11) is 1.95. The van der Waals surface area contributed by atoms with Crippen molar-refractivity contribution in [2.24, 2.45) is 5.92 Å². The Kier molecular flexibility index (Phi) is 6.80. The van der Waals surface area contributed by atoms with Gasteiger partial charge in [0.05, 0.1) is 18.1 Å². The van der Waals surface area contributed by atoms with E-state index in [2.05, 4.69) is 5.32 Å². The highest BCUT2D eigenvalue weighted by atomic mass is 35.5. The molecule has 1 saturated heterocycles. The lowest BCUT2D eigenvalue weighted by atomic mass is 9.98. The Hall–Kier alpha value is -0.970. The highest BCUT2D eigenvalue weighted by molar-refractivity contribution is 6.42. The first-order valence-electron chi connectivity index (χ1n) is 7.61. The van der Waals surface area contributed by atoms with Crippen molar-refractivity contribution in [2.45, 2.75) is 19.3 Å². The Morgan fingerprint density at radius 2 is 2.27 bits per heavy atom. The number of hydrogen-bond donors (Lipinski definition) is 1. The monoisotopic (exact) mass is 344 g/mol. The summed E-state index contributed by atoms with van der Waals surface area (Å²) in [4.78, 5) is 14.2. The quantitative estimate of drug-likeness (QED) is 0.861. The molecule has 1 aromatic carbocycles. The average Bonchev–Trinajstić information content (AvgIpc) is 2.52. The van der Waals surface area contributed by atoms with Crippen LogP contribution in [0.1, 0.15) is 19.3 Å². The van der Waals surface area contributed by atoms with Gasteiger partial charge in [-0.1, -0.05) is 29.3 Å². The predicted molar refractivity (Wildman–Crippen MR) is 89.8 cm³/mol. The molecular weight excluding hydrogens is 323 g/mol. The molecule has 1 unspecified atom stereocenters. The molecule has 122 valence electrons. The van der Waals surface area contributed by atoms with E-state index in [1.807, 2.05) is 11.9 Å². The van der Waals surface area contributed by atoms with Crippen molar-refractivity contribution in [3.05, 3.63) is 28.2 Å². The van der Waals surface area contributed by atoms with Crippen LogP contribution in [0.3, 0.4) is 0 Å². The standard InChI is InChI=1S/C16H22Cl2N2O2/c1-19-10-12-4-3-8-20(11-12)15(21)7-9-22-14-6-2-5-13(17)16(14)18/h2,5-6,12,19H,3-4,7-11H2,1H3. The summed E-state index contributed by atoms with van der Waals surface area (Å²) < 4.78 is 5.58. The van der Waals surface area contributed by atoms with Gasteiger partial charge in [0.15, 0.2) is 0 Å². The van der Waals surface area contributed by atoms with Crippen LogP contribution in [0, 0.1) is 5.92 Å². The first-order chi connectivity index (χ1) is 10.6. The number of ether oxygens (including phenoxy) is 1. The smallest absolute Gasteiger partial charge is 0.226 e. The van der Waals surface area contributed by atoms with Crippen LogP contribution in [-0.2, 0) is 4.79 Å². The fourth-order valence-corrected chi connectivity index (χ4v) is 3.10. The second-order valence-corrected chi connectivity index (χ2v) is 6.34. The second kappa shape index (κ2) is 8.61. The predicted octanol–water partition coefficient (Wildman–Crippen LogP) is 3.22. The molecule has 1 amide bonds. The molecule has 2 rings (SSSR count). The number of carbonyl (C=O) groups excluding carboxylic acids is 1. The molecule has 0 aromatic heterocycles. The summed E-state index contributed by atoms with van der Waals surface area (Å²) in [5, 5.41) is 4.03. The van der Waals surface area contributed by atoms with E-state index < -0.39 is 0 Å². The van der Waals surface area contributed by atoms with Gasteiger partial charge in [-0.05, 0) is 44.5 Å². The van der Waals surface area contributed by atoms with E-state index in [1.165, 1.54) is 6.42 Å². The van der Waals surface area contributed by atoms with E-state index in [4.69, 9.17) is 27.9 Å². The molecule has 0 spiro atoms. The highest BCUT2D eigenvalue weighted by Crippen LogP contribution is 2.31. The van der Waals surface area contributed by atoms with E-state index in [-0.39, 0.29) is 5.91 Å². The van der Waals surface area contributed by atoms with Gasteiger partial charge < -0.3 is 15.0 Å². The highest BCUT2D eigenvalue weighted by Gasteiger charge is 2.22. The SMILES string of the molecule is CNCC1CCCN(C(=O)CCOc2cccc(Cl)c2Cl)C1. The Balaban J connectivity index is 1.79. The third-order valence-electron chi connectivity index (χ3n) is 3.85. The van der Waals surface area contributed by atoms with E-state index in [9.17, 15) is 4.79 Å². The Morgan fingerprint density at radius 1 is 1.45 bits per heavy atom. The molecule has 1 fully saturated rings. The normalized spacial score (nSPS) is 18.3. The Labute approximate surface area is 141 Å². The van der Waals surface area contributed by atoms with Crippen LogP contribution in [0.25, 0.3) is 0 Å². The fourth-order valence-electron chi connectivity index (χ4n) is 2.75. The van der Waals surface area contributed by atoms with Gasteiger partial charge in [0.2, 0.25) is 5.91 Å². The van der Waals surface area contributed by atoms with Crippen molar-refractivity contribution in [2.75, 3.05) is 33.3 Å². The largest absolute Gasteiger partial charge is 0.491 e. The molecule has 1 aromatic rings. The lowest BCUT2D eigenvalue weighted by molar-refractivity contribution is -0.133. The van der Waals surface area contributed by atoms with E-state index in [1.54, 1.807) is 18.2 Å². The number of nitrogens with zero attached hydrogens (tertiary/aromatic N) is 1. The van der Waals surface area contributed by atoms with Gasteiger partial charge in [0.25, 0.3) is 0 Å². The summed E-state index contributed by atoms with van der Waals surface area (Å²) in [5.41, 5.74) is 0. The maximum Gasteiger partial charge on any atom is 0.226 e. The van der Waals surface area contributed by atoms with Gasteiger partial charge in [-0.25, -0.2) is 0 Å². The molecule has 0 saturated carbocycles. The Bertz CT molecular complexity index is 509. The number of nitrogens with one attached hydrogen (secondary N) is 1. The van der Waals surface area contributed by atoms with E-state index in [0.717, 1.165) is 26.1 Å². The minimum atomic E-state index is 0.138. The number of halogens is 2. The van der Waals surface area contributed by atoms with Crippen molar-refractivity contribution in [3.63, 3.8) is 0 Å². The molecule has 22 heavy (non-hydrogen) atoms. The van der Waals surface area contributed by atoms with Crippen LogP contribution < -0.4 is 10.1 Å². The number of amides is 1. The minimum Gasteiger partial charge on any atom is -0.491 e. The molecule has 0 radical (unpaired) electrons. The molecule has 1 heterocycles. The van der Waals surface area contributed by atoms with Gasteiger partial charge in [-0.15, -0.1) is 0 Å². The lowest BCUT2D eigenvalue weighted by Crippen LogP contribution is -2.42. The van der Waals surface area contributed by atoms with Crippen molar-refractivity contribution >= 4 is 29.1 Å². The number of carbonyl (C=O) groups is 1. The summed E-state index contributed by atoms with van der Waals surface area (Å²) >= 11 is 12.0. The summed E-state index contributed by atoms with van der Waals surface area (Å²) in [5.74, 6) is 1.21. The topological polar surface area (TPSA) is 41.6 Å². The molecule has 1 aliphatic heterocycles. The fraction of sp³-hybridized carbons (Fsp3) is 0.562.